The molecule has 2 heterocycles. The molecular weight excluding hydrogens is 242 g/mol. The molecule has 2 aromatic rings. The third-order valence-corrected chi connectivity index (χ3v) is 3.66. The molecule has 2 rings (SSSR count). The van der Waals surface area contributed by atoms with Gasteiger partial charge in [0.05, 0.1) is 11.7 Å². The second kappa shape index (κ2) is 6.16. The summed E-state index contributed by atoms with van der Waals surface area (Å²) < 4.78 is 2.10. The summed E-state index contributed by atoms with van der Waals surface area (Å²) in [6.07, 6.45) is 3.03. The van der Waals surface area contributed by atoms with E-state index in [2.05, 4.69) is 58.8 Å². The summed E-state index contributed by atoms with van der Waals surface area (Å²) in [6.45, 7) is 7.54. The van der Waals surface area contributed by atoms with E-state index in [0.717, 1.165) is 13.0 Å². The first kappa shape index (κ1) is 13.3. The zero-order valence-corrected chi connectivity index (χ0v) is 12.1. The second-order valence-electron chi connectivity index (χ2n) is 4.74. The molecule has 0 aliphatic carbocycles. The maximum atomic E-state index is 4.43. The highest BCUT2D eigenvalue weighted by Crippen LogP contribution is 2.25. The Kier molecular flexibility index (Phi) is 4.55. The summed E-state index contributed by atoms with van der Waals surface area (Å²) in [5.74, 6) is 0. The summed E-state index contributed by atoms with van der Waals surface area (Å²) in [5, 5.41) is 12.4. The van der Waals surface area contributed by atoms with Crippen LogP contribution in [0.15, 0.2) is 29.1 Å². The predicted molar refractivity (Wildman–Crippen MR) is 77.1 cm³/mol. The molecule has 0 bridgehead atoms. The fourth-order valence-electron chi connectivity index (χ4n) is 2.11. The molecule has 0 saturated carbocycles. The van der Waals surface area contributed by atoms with E-state index in [-0.39, 0.29) is 6.04 Å². The Bertz CT molecular complexity index is 459. The number of aromatic nitrogens is 2. The van der Waals surface area contributed by atoms with Crippen molar-refractivity contribution in [2.24, 2.45) is 0 Å². The van der Waals surface area contributed by atoms with Crippen molar-refractivity contribution in [3.8, 4) is 0 Å². The Morgan fingerprint density at radius 2 is 2.22 bits per heavy atom. The molecule has 1 atom stereocenters. The van der Waals surface area contributed by atoms with E-state index in [4.69, 9.17) is 0 Å². The molecule has 1 N–H and O–H groups in total. The van der Waals surface area contributed by atoms with E-state index in [9.17, 15) is 0 Å². The summed E-state index contributed by atoms with van der Waals surface area (Å²) in [4.78, 5) is 0. The first-order valence-corrected chi connectivity index (χ1v) is 7.47. The van der Waals surface area contributed by atoms with Crippen molar-refractivity contribution >= 4 is 11.3 Å². The number of nitrogens with zero attached hydrogens (tertiary/aromatic N) is 2. The SMILES string of the molecule is CCCNC(c1ccsc1)c1ccnn1C(C)C. The molecule has 0 spiro atoms. The third kappa shape index (κ3) is 2.82. The van der Waals surface area contributed by atoms with Crippen LogP contribution in [0.5, 0.6) is 0 Å². The van der Waals surface area contributed by atoms with Gasteiger partial charge in [-0.2, -0.15) is 16.4 Å². The van der Waals surface area contributed by atoms with Crippen molar-refractivity contribution in [3.63, 3.8) is 0 Å². The topological polar surface area (TPSA) is 29.9 Å². The van der Waals surface area contributed by atoms with Gasteiger partial charge in [0.1, 0.15) is 0 Å². The minimum Gasteiger partial charge on any atom is -0.305 e. The highest BCUT2D eigenvalue weighted by molar-refractivity contribution is 7.08. The quantitative estimate of drug-likeness (QED) is 0.862. The molecule has 0 aromatic carbocycles. The van der Waals surface area contributed by atoms with Gasteiger partial charge in [-0.1, -0.05) is 6.92 Å². The predicted octanol–water partition coefficient (Wildman–Crippen LogP) is 3.61. The molecule has 0 saturated heterocycles. The highest BCUT2D eigenvalue weighted by atomic mass is 32.1. The Morgan fingerprint density at radius 3 is 2.83 bits per heavy atom. The molecule has 98 valence electrons. The van der Waals surface area contributed by atoms with Gasteiger partial charge in [-0.3, -0.25) is 4.68 Å². The van der Waals surface area contributed by atoms with Gasteiger partial charge < -0.3 is 5.32 Å². The summed E-state index contributed by atoms with van der Waals surface area (Å²) in [5.41, 5.74) is 2.58. The van der Waals surface area contributed by atoms with Gasteiger partial charge in [-0.05, 0) is 55.3 Å². The molecule has 1 unspecified atom stereocenters. The van der Waals surface area contributed by atoms with Crippen molar-refractivity contribution in [1.29, 1.82) is 0 Å². The van der Waals surface area contributed by atoms with Crippen molar-refractivity contribution in [1.82, 2.24) is 15.1 Å². The Hall–Kier alpha value is -1.13. The molecule has 4 heteroatoms. The number of thiophene rings is 1. The molecule has 3 nitrogen and oxygen atoms in total. The van der Waals surface area contributed by atoms with Gasteiger partial charge in [-0.15, -0.1) is 0 Å². The van der Waals surface area contributed by atoms with Crippen LogP contribution in [0.25, 0.3) is 0 Å². The van der Waals surface area contributed by atoms with E-state index in [1.807, 2.05) is 6.20 Å². The summed E-state index contributed by atoms with van der Waals surface area (Å²) in [6, 6.07) is 4.95. The molecule has 18 heavy (non-hydrogen) atoms. The number of rotatable bonds is 6. The number of hydrogen-bond acceptors (Lipinski definition) is 3. The molecule has 0 radical (unpaired) electrons. The largest absolute Gasteiger partial charge is 0.305 e. The monoisotopic (exact) mass is 263 g/mol. The highest BCUT2D eigenvalue weighted by Gasteiger charge is 2.19. The molecule has 0 aliphatic heterocycles. The fraction of sp³-hybridized carbons (Fsp3) is 0.500. The molecular formula is C14H21N3S. The van der Waals surface area contributed by atoms with Gasteiger partial charge in [0.2, 0.25) is 0 Å². The Balaban J connectivity index is 2.31. The van der Waals surface area contributed by atoms with Crippen LogP contribution in [-0.2, 0) is 0 Å². The number of hydrogen-bond donors (Lipinski definition) is 1. The van der Waals surface area contributed by atoms with Crippen LogP contribution in [0.4, 0.5) is 0 Å². The molecule has 0 aliphatic rings. The smallest absolute Gasteiger partial charge is 0.0756 e. The van der Waals surface area contributed by atoms with Gasteiger partial charge in [0, 0.05) is 12.2 Å². The Labute approximate surface area is 113 Å². The molecule has 0 amide bonds. The van der Waals surface area contributed by atoms with Gasteiger partial charge in [0.25, 0.3) is 0 Å². The van der Waals surface area contributed by atoms with Crippen LogP contribution >= 0.6 is 11.3 Å². The van der Waals surface area contributed by atoms with Crippen LogP contribution in [0, 0.1) is 0 Å². The normalized spacial score (nSPS) is 13.1. The lowest BCUT2D eigenvalue weighted by atomic mass is 10.1. The maximum Gasteiger partial charge on any atom is 0.0756 e. The van der Waals surface area contributed by atoms with Crippen LogP contribution in [-0.4, -0.2) is 16.3 Å². The minimum atomic E-state index is 0.251. The lowest BCUT2D eigenvalue weighted by Gasteiger charge is -2.21. The van der Waals surface area contributed by atoms with Crippen LogP contribution in [0.2, 0.25) is 0 Å². The van der Waals surface area contributed by atoms with Crippen LogP contribution < -0.4 is 5.32 Å². The van der Waals surface area contributed by atoms with Crippen molar-refractivity contribution < 1.29 is 0 Å². The molecule has 0 fully saturated rings. The lowest BCUT2D eigenvalue weighted by Crippen LogP contribution is -2.26. The van der Waals surface area contributed by atoms with Gasteiger partial charge in [0.15, 0.2) is 0 Å². The van der Waals surface area contributed by atoms with Crippen molar-refractivity contribution in [3.05, 3.63) is 40.3 Å². The number of nitrogens with one attached hydrogen (secondary N) is 1. The van der Waals surface area contributed by atoms with Crippen molar-refractivity contribution in [2.75, 3.05) is 6.54 Å². The molecule has 2 aromatic heterocycles. The minimum absolute atomic E-state index is 0.251. The zero-order valence-electron chi connectivity index (χ0n) is 11.3. The third-order valence-electron chi connectivity index (χ3n) is 2.96. The second-order valence-corrected chi connectivity index (χ2v) is 5.52. The standard InChI is InChI=1S/C14H21N3S/c1-4-7-15-14(12-6-9-18-10-12)13-5-8-16-17(13)11(2)3/h5-6,8-11,14-15H,4,7H2,1-3H3. The van der Waals surface area contributed by atoms with Gasteiger partial charge in [-0.25, -0.2) is 0 Å². The van der Waals surface area contributed by atoms with Gasteiger partial charge >= 0.3 is 0 Å². The lowest BCUT2D eigenvalue weighted by molar-refractivity contribution is 0.472. The summed E-state index contributed by atoms with van der Waals surface area (Å²) in [7, 11) is 0. The first-order chi connectivity index (χ1) is 8.74. The van der Waals surface area contributed by atoms with Crippen LogP contribution in [0.1, 0.15) is 50.5 Å². The van der Waals surface area contributed by atoms with E-state index in [1.165, 1.54) is 11.3 Å². The van der Waals surface area contributed by atoms with E-state index in [1.54, 1.807) is 11.3 Å². The average Bonchev–Trinajstić information content (AvgIpc) is 3.00. The van der Waals surface area contributed by atoms with Crippen molar-refractivity contribution in [2.45, 2.75) is 39.3 Å². The van der Waals surface area contributed by atoms with Crippen LogP contribution in [0.3, 0.4) is 0 Å². The van der Waals surface area contributed by atoms with E-state index in [0.29, 0.717) is 6.04 Å². The fourth-order valence-corrected chi connectivity index (χ4v) is 2.79. The Morgan fingerprint density at radius 1 is 1.39 bits per heavy atom. The maximum absolute atomic E-state index is 4.43. The summed E-state index contributed by atoms with van der Waals surface area (Å²) >= 11 is 1.74. The van der Waals surface area contributed by atoms with E-state index >= 15 is 0 Å². The average molecular weight is 263 g/mol. The zero-order chi connectivity index (χ0) is 13.0. The van der Waals surface area contributed by atoms with E-state index < -0.39 is 0 Å². The first-order valence-electron chi connectivity index (χ1n) is 6.53.